The first-order chi connectivity index (χ1) is 7.52. The number of carboxylic acids is 1. The van der Waals surface area contributed by atoms with Crippen molar-refractivity contribution in [3.05, 3.63) is 0 Å². The van der Waals surface area contributed by atoms with E-state index < -0.39 is 24.0 Å². The molecule has 0 fully saturated rings. The van der Waals surface area contributed by atoms with Gasteiger partial charge in [0.15, 0.2) is 0 Å². The molecule has 0 aromatic rings. The van der Waals surface area contributed by atoms with Crippen molar-refractivity contribution in [2.24, 2.45) is 5.73 Å². The molecule has 0 aliphatic heterocycles. The van der Waals surface area contributed by atoms with Crippen LogP contribution in [0.3, 0.4) is 0 Å². The molecule has 6 nitrogen and oxygen atoms in total. The van der Waals surface area contributed by atoms with E-state index in [1.54, 1.807) is 14.0 Å². The predicted octanol–water partition coefficient (Wildman–Crippen LogP) is -0.280. The zero-order valence-electron chi connectivity index (χ0n) is 9.73. The van der Waals surface area contributed by atoms with Crippen molar-refractivity contribution in [1.29, 1.82) is 0 Å². The number of nitrogens with one attached hydrogen (secondary N) is 1. The number of hydrogen-bond acceptors (Lipinski definition) is 4. The largest absolute Gasteiger partial charge is 0.480 e. The van der Waals surface area contributed by atoms with Gasteiger partial charge in [-0.15, -0.1) is 0 Å². The molecule has 0 aliphatic carbocycles. The van der Waals surface area contributed by atoms with Crippen LogP contribution in [0.5, 0.6) is 0 Å². The lowest BCUT2D eigenvalue weighted by atomic mass is 10.1. The molecule has 16 heavy (non-hydrogen) atoms. The number of aliphatic carboxylic acids is 1. The number of hydrogen-bond donors (Lipinski definition) is 3. The van der Waals surface area contributed by atoms with Crippen molar-refractivity contribution in [3.63, 3.8) is 0 Å². The van der Waals surface area contributed by atoms with Crippen molar-refractivity contribution in [1.82, 2.24) is 5.32 Å². The monoisotopic (exact) mass is 232 g/mol. The molecule has 0 rings (SSSR count). The summed E-state index contributed by atoms with van der Waals surface area (Å²) >= 11 is 0. The molecule has 4 N–H and O–H groups in total. The van der Waals surface area contributed by atoms with Crippen LogP contribution in [0.15, 0.2) is 0 Å². The van der Waals surface area contributed by atoms with Gasteiger partial charge in [0.1, 0.15) is 6.04 Å². The smallest absolute Gasteiger partial charge is 0.326 e. The molecule has 0 aromatic carbocycles. The zero-order chi connectivity index (χ0) is 12.6. The fourth-order valence-corrected chi connectivity index (χ4v) is 1.15. The molecule has 0 saturated carbocycles. The molecule has 1 amide bonds. The second-order valence-corrected chi connectivity index (χ2v) is 3.55. The molecule has 0 saturated heterocycles. The number of methoxy groups -OCH3 is 1. The Morgan fingerprint density at radius 1 is 1.50 bits per heavy atom. The summed E-state index contributed by atoms with van der Waals surface area (Å²) < 4.78 is 4.82. The van der Waals surface area contributed by atoms with Gasteiger partial charge in [-0.2, -0.15) is 0 Å². The Morgan fingerprint density at radius 3 is 2.56 bits per heavy atom. The summed E-state index contributed by atoms with van der Waals surface area (Å²) in [6.45, 7) is 2.24. The van der Waals surface area contributed by atoms with Crippen LogP contribution in [0, 0.1) is 0 Å². The minimum absolute atomic E-state index is 0.339. The van der Waals surface area contributed by atoms with Crippen LogP contribution in [0.2, 0.25) is 0 Å². The second-order valence-electron chi connectivity index (χ2n) is 3.55. The molecule has 0 aliphatic rings. The van der Waals surface area contributed by atoms with E-state index in [0.717, 1.165) is 0 Å². The maximum Gasteiger partial charge on any atom is 0.326 e. The third-order valence-corrected chi connectivity index (χ3v) is 2.23. The zero-order valence-corrected chi connectivity index (χ0v) is 9.73. The molecule has 2 unspecified atom stereocenters. The van der Waals surface area contributed by atoms with Gasteiger partial charge >= 0.3 is 5.97 Å². The van der Waals surface area contributed by atoms with Crippen LogP contribution in [0.25, 0.3) is 0 Å². The molecule has 94 valence electrons. The van der Waals surface area contributed by atoms with E-state index in [2.05, 4.69) is 5.32 Å². The molecule has 2 atom stereocenters. The maximum absolute atomic E-state index is 11.4. The van der Waals surface area contributed by atoms with Gasteiger partial charge < -0.3 is 20.9 Å². The fourth-order valence-electron chi connectivity index (χ4n) is 1.15. The maximum atomic E-state index is 11.4. The topological polar surface area (TPSA) is 102 Å². The van der Waals surface area contributed by atoms with Crippen LogP contribution in [-0.4, -0.2) is 42.8 Å². The van der Waals surface area contributed by atoms with Crippen molar-refractivity contribution in [3.8, 4) is 0 Å². The number of nitrogens with two attached hydrogens (primary N) is 1. The molecule has 0 aromatic heterocycles. The Kier molecular flexibility index (Phi) is 7.49. The number of ether oxygens (including phenoxy) is 1. The molecule has 0 radical (unpaired) electrons. The average Bonchev–Trinajstić information content (AvgIpc) is 2.26. The van der Waals surface area contributed by atoms with Crippen molar-refractivity contribution in [2.45, 2.75) is 38.3 Å². The van der Waals surface area contributed by atoms with Gasteiger partial charge in [-0.05, 0) is 19.3 Å². The number of amides is 1. The summed E-state index contributed by atoms with van der Waals surface area (Å²) in [7, 11) is 1.54. The van der Waals surface area contributed by atoms with Gasteiger partial charge in [-0.25, -0.2) is 4.79 Å². The Labute approximate surface area is 95.1 Å². The van der Waals surface area contributed by atoms with Gasteiger partial charge in [0.2, 0.25) is 5.91 Å². The van der Waals surface area contributed by atoms with E-state index in [9.17, 15) is 9.59 Å². The van der Waals surface area contributed by atoms with E-state index >= 15 is 0 Å². The summed E-state index contributed by atoms with van der Waals surface area (Å²) in [5.41, 5.74) is 5.49. The van der Waals surface area contributed by atoms with Crippen LogP contribution in [0.1, 0.15) is 26.2 Å². The van der Waals surface area contributed by atoms with Crippen molar-refractivity contribution < 1.29 is 19.4 Å². The highest BCUT2D eigenvalue weighted by Gasteiger charge is 2.21. The van der Waals surface area contributed by atoms with Gasteiger partial charge in [-0.1, -0.05) is 6.92 Å². The molecular formula is C10H20N2O4. The lowest BCUT2D eigenvalue weighted by Gasteiger charge is -2.16. The summed E-state index contributed by atoms with van der Waals surface area (Å²) in [5.74, 6) is -1.47. The minimum atomic E-state index is -1.05. The first-order valence-electron chi connectivity index (χ1n) is 5.30. The number of rotatable bonds is 8. The average molecular weight is 232 g/mol. The van der Waals surface area contributed by atoms with Gasteiger partial charge in [-0.3, -0.25) is 4.79 Å². The highest BCUT2D eigenvalue weighted by molar-refractivity contribution is 5.86. The Hall–Kier alpha value is -1.14. The lowest BCUT2D eigenvalue weighted by molar-refractivity contribution is -0.142. The standard InChI is InChI=1S/C10H20N2O4/c1-3-7(11)9(13)12-8(10(14)15)5-4-6-16-2/h7-8H,3-6,11H2,1-2H3,(H,12,13)(H,14,15). The highest BCUT2D eigenvalue weighted by Crippen LogP contribution is 1.99. The van der Waals surface area contributed by atoms with E-state index in [1.165, 1.54) is 0 Å². The quantitative estimate of drug-likeness (QED) is 0.499. The Bertz CT molecular complexity index is 233. The summed E-state index contributed by atoms with van der Waals surface area (Å²) in [5, 5.41) is 11.3. The SMILES string of the molecule is CCC(N)C(=O)NC(CCCOC)C(=O)O. The first kappa shape index (κ1) is 14.9. The van der Waals surface area contributed by atoms with Gasteiger partial charge in [0, 0.05) is 13.7 Å². The summed E-state index contributed by atoms with van der Waals surface area (Å²) in [4.78, 5) is 22.2. The fraction of sp³-hybridized carbons (Fsp3) is 0.800. The molecule has 0 heterocycles. The Morgan fingerprint density at radius 2 is 2.12 bits per heavy atom. The molecular weight excluding hydrogens is 212 g/mol. The van der Waals surface area contributed by atoms with Crippen LogP contribution in [-0.2, 0) is 14.3 Å². The molecule has 6 heteroatoms. The van der Waals surface area contributed by atoms with E-state index in [1.807, 2.05) is 0 Å². The van der Waals surface area contributed by atoms with Crippen molar-refractivity contribution in [2.75, 3.05) is 13.7 Å². The number of carbonyl (C=O) groups is 2. The third kappa shape index (κ3) is 5.67. The van der Waals surface area contributed by atoms with E-state index in [-0.39, 0.29) is 0 Å². The van der Waals surface area contributed by atoms with Gasteiger partial charge in [0.05, 0.1) is 6.04 Å². The van der Waals surface area contributed by atoms with E-state index in [4.69, 9.17) is 15.6 Å². The Balaban J connectivity index is 4.12. The lowest BCUT2D eigenvalue weighted by Crippen LogP contribution is -2.48. The molecule has 0 spiro atoms. The number of carbonyl (C=O) groups excluding carboxylic acids is 1. The minimum Gasteiger partial charge on any atom is -0.480 e. The first-order valence-corrected chi connectivity index (χ1v) is 5.30. The van der Waals surface area contributed by atoms with Crippen LogP contribution in [0.4, 0.5) is 0 Å². The van der Waals surface area contributed by atoms with Crippen LogP contribution >= 0.6 is 0 Å². The third-order valence-electron chi connectivity index (χ3n) is 2.23. The normalized spacial score (nSPS) is 14.2. The highest BCUT2D eigenvalue weighted by atomic mass is 16.5. The van der Waals surface area contributed by atoms with Crippen LogP contribution < -0.4 is 11.1 Å². The summed E-state index contributed by atoms with van der Waals surface area (Å²) in [6.07, 6.45) is 1.40. The van der Waals surface area contributed by atoms with Crippen molar-refractivity contribution >= 4 is 11.9 Å². The van der Waals surface area contributed by atoms with E-state index in [0.29, 0.717) is 25.9 Å². The number of carboxylic acid groups (broad SMARTS) is 1. The van der Waals surface area contributed by atoms with Gasteiger partial charge in [0.25, 0.3) is 0 Å². The predicted molar refractivity (Wildman–Crippen MR) is 58.9 cm³/mol. The second kappa shape index (κ2) is 8.06. The molecule has 0 bridgehead atoms. The summed E-state index contributed by atoms with van der Waals surface area (Å²) in [6, 6.07) is -1.54.